The predicted octanol–water partition coefficient (Wildman–Crippen LogP) is 5.42. The molecular formula is C46H47Cl3N4O14S3. The zero-order chi connectivity index (χ0) is 51.6. The molecule has 0 aromatic heterocycles. The number of hydroxylamine groups is 2. The van der Waals surface area contributed by atoms with Gasteiger partial charge in [-0.3, -0.25) is 18.9 Å². The molecule has 70 heavy (non-hydrogen) atoms. The SMILES string of the molecule is CN1c2cc3c(cc2C(CS(=O)(=O)[O-])=CC1(C)C)C(c1c(Cl)c(SCC(=O)NCCCCCC(=O)ON2C(=O)CCC2=O)c(Cl)c(Cl)c1C(=O)O)=c1cc2c(cc1O3)=[N+](C)C(C)(C)C=C2CS(=O)(=O)O. The van der Waals surface area contributed by atoms with Crippen molar-refractivity contribution in [2.75, 3.05) is 42.8 Å². The summed E-state index contributed by atoms with van der Waals surface area (Å²) in [4.78, 5) is 69.0. The number of hydrogen-bond donors (Lipinski definition) is 3. The van der Waals surface area contributed by atoms with Gasteiger partial charge in [-0.15, -0.1) is 16.8 Å². The van der Waals surface area contributed by atoms with Gasteiger partial charge in [0, 0.05) is 90.8 Å². The van der Waals surface area contributed by atoms with Gasteiger partial charge in [0.15, 0.2) is 5.54 Å². The number of carboxylic acids is 1. The first-order valence-electron chi connectivity index (χ1n) is 21.6. The van der Waals surface area contributed by atoms with Crippen molar-refractivity contribution in [2.45, 2.75) is 82.2 Å². The average molecular weight is 1080 g/mol. The summed E-state index contributed by atoms with van der Waals surface area (Å²) < 4.78 is 80.7. The van der Waals surface area contributed by atoms with Gasteiger partial charge in [0.1, 0.15) is 24.3 Å². The fourth-order valence-corrected chi connectivity index (χ4v) is 12.0. The number of thioether (sulfide) groups is 1. The van der Waals surface area contributed by atoms with Crippen LogP contribution in [-0.2, 0) is 44.3 Å². The maximum absolute atomic E-state index is 13.4. The third kappa shape index (κ3) is 10.8. The second-order valence-corrected chi connectivity index (χ2v) is 23.2. The topological polar surface area (TPSA) is 257 Å². The Kier molecular flexibility index (Phi) is 14.7. The van der Waals surface area contributed by atoms with Gasteiger partial charge in [-0.05, 0) is 56.0 Å². The number of fused-ring (bicyclic) bond motifs is 4. The molecule has 0 bridgehead atoms. The summed E-state index contributed by atoms with van der Waals surface area (Å²) in [6.07, 6.45) is 4.48. The molecule has 0 saturated carbocycles. The van der Waals surface area contributed by atoms with E-state index in [9.17, 15) is 55.0 Å². The molecule has 0 unspecified atom stereocenters. The Bertz CT molecular complexity index is 3250. The number of amides is 3. The molecule has 374 valence electrons. The van der Waals surface area contributed by atoms with Crippen molar-refractivity contribution in [2.24, 2.45) is 0 Å². The van der Waals surface area contributed by atoms with Crippen LogP contribution in [0.4, 0.5) is 5.69 Å². The molecule has 1 saturated heterocycles. The minimum Gasteiger partial charge on any atom is -0.748 e. The lowest BCUT2D eigenvalue weighted by Crippen LogP contribution is -2.47. The van der Waals surface area contributed by atoms with Crippen LogP contribution in [0.3, 0.4) is 0 Å². The molecule has 3 N–H and O–H groups in total. The Balaban J connectivity index is 1.33. The standard InChI is InChI=1S/C46H47Cl3N4O14S3/c1-45(2)18-23(21-69(60,61)62)25-14-27-31(16-29(25)51(45)5)66-32-17-30-26(24(22-70(63,64)65)19-46(3,4)52(30)6)15-28(32)37(27)38-39(44(58)59)40(47)42(49)43(41(38)48)68-20-33(54)50-13-9-7-8-10-36(57)67-53-34(55)11-12-35(53)56/h14-19H,7-13,20-22H2,1-6H3,(H3-,50,54,58,59,60,61,62,63,64,65). The molecule has 0 aliphatic carbocycles. The van der Waals surface area contributed by atoms with Crippen LogP contribution in [0.2, 0.25) is 15.1 Å². The molecule has 0 spiro atoms. The van der Waals surface area contributed by atoms with E-state index in [0.29, 0.717) is 46.5 Å². The Morgan fingerprint density at radius 3 is 2.17 bits per heavy atom. The second-order valence-electron chi connectivity index (χ2n) is 18.2. The van der Waals surface area contributed by atoms with Crippen LogP contribution in [0.1, 0.15) is 98.8 Å². The highest BCUT2D eigenvalue weighted by Crippen LogP contribution is 2.51. The predicted molar refractivity (Wildman–Crippen MR) is 262 cm³/mol. The third-order valence-corrected chi connectivity index (χ3v) is 16.4. The molecule has 4 aliphatic heterocycles. The van der Waals surface area contributed by atoms with Crippen LogP contribution in [0, 0.1) is 0 Å². The minimum absolute atomic E-state index is 0.0166. The lowest BCUT2D eigenvalue weighted by atomic mass is 9.83. The molecule has 24 heteroatoms. The van der Waals surface area contributed by atoms with Crippen molar-refractivity contribution in [1.82, 2.24) is 15.0 Å². The number of nitrogens with one attached hydrogen (secondary N) is 1. The van der Waals surface area contributed by atoms with E-state index in [-0.39, 0.29) is 91.1 Å². The first-order chi connectivity index (χ1) is 32.5. The van der Waals surface area contributed by atoms with Crippen LogP contribution >= 0.6 is 46.6 Å². The number of likely N-dealkylation sites (N-methyl/N-ethyl adjacent to an activating group) is 2. The molecule has 3 aromatic rings. The number of halogens is 3. The van der Waals surface area contributed by atoms with E-state index in [4.69, 9.17) is 44.4 Å². The first-order valence-corrected chi connectivity index (χ1v) is 26.9. The number of hydrogen-bond acceptors (Lipinski definition) is 14. The van der Waals surface area contributed by atoms with Crippen LogP contribution in [0.5, 0.6) is 11.5 Å². The number of anilines is 1. The molecule has 0 radical (unpaired) electrons. The van der Waals surface area contributed by atoms with Crippen molar-refractivity contribution >= 4 is 119 Å². The smallest absolute Gasteiger partial charge is 0.337 e. The highest BCUT2D eigenvalue weighted by atomic mass is 35.5. The monoisotopic (exact) mass is 1080 g/mol. The summed E-state index contributed by atoms with van der Waals surface area (Å²) in [7, 11) is -5.91. The molecule has 0 atom stereocenters. The van der Waals surface area contributed by atoms with Crippen LogP contribution < -0.4 is 30.1 Å². The van der Waals surface area contributed by atoms with Gasteiger partial charge in [0.05, 0.1) is 59.4 Å². The quantitative estimate of drug-likeness (QED) is 0.0316. The van der Waals surface area contributed by atoms with E-state index in [1.807, 2.05) is 37.2 Å². The number of carbonyl (C=O) groups excluding carboxylic acids is 4. The van der Waals surface area contributed by atoms with E-state index in [1.165, 1.54) is 0 Å². The molecular weight excluding hydrogens is 1040 g/mol. The molecule has 4 aliphatic rings. The molecule has 3 amide bonds. The average Bonchev–Trinajstić information content (AvgIpc) is 3.56. The highest BCUT2D eigenvalue weighted by Gasteiger charge is 2.39. The van der Waals surface area contributed by atoms with Crippen molar-refractivity contribution < 1.29 is 64.6 Å². The fraction of sp³-hybridized carbons (Fsp3) is 0.391. The fourth-order valence-electron chi connectivity index (χ4n) is 8.74. The van der Waals surface area contributed by atoms with E-state index in [2.05, 4.69) is 5.32 Å². The van der Waals surface area contributed by atoms with E-state index in [1.54, 1.807) is 50.5 Å². The maximum Gasteiger partial charge on any atom is 0.337 e. The number of carboxylic acid groups (broad SMARTS) is 1. The molecule has 1 fully saturated rings. The first kappa shape index (κ1) is 52.8. The third-order valence-electron chi connectivity index (χ3n) is 12.5. The number of imide groups is 1. The number of carbonyl (C=O) groups is 5. The molecule has 4 heterocycles. The van der Waals surface area contributed by atoms with Gasteiger partial charge >= 0.3 is 11.9 Å². The summed E-state index contributed by atoms with van der Waals surface area (Å²) >= 11 is 21.8. The zero-order valence-electron chi connectivity index (χ0n) is 38.5. The largest absolute Gasteiger partial charge is 0.748 e. The van der Waals surface area contributed by atoms with E-state index >= 15 is 0 Å². The second kappa shape index (κ2) is 19.5. The Morgan fingerprint density at radius 2 is 1.54 bits per heavy atom. The zero-order valence-corrected chi connectivity index (χ0v) is 43.2. The van der Waals surface area contributed by atoms with Crippen LogP contribution in [0.15, 0.2) is 41.3 Å². The number of nitrogens with zero attached hydrogens (tertiary/aromatic N) is 3. The maximum atomic E-state index is 13.4. The van der Waals surface area contributed by atoms with Crippen molar-refractivity contribution in [3.8, 4) is 11.5 Å². The van der Waals surface area contributed by atoms with Crippen molar-refractivity contribution in [3.63, 3.8) is 0 Å². The lowest BCUT2D eigenvalue weighted by molar-refractivity contribution is -0.197. The van der Waals surface area contributed by atoms with Gasteiger partial charge in [0.2, 0.25) is 11.3 Å². The van der Waals surface area contributed by atoms with Gasteiger partial charge in [0.25, 0.3) is 21.9 Å². The van der Waals surface area contributed by atoms with Crippen molar-refractivity contribution in [1.29, 1.82) is 0 Å². The number of benzene rings is 3. The Morgan fingerprint density at radius 1 is 0.886 bits per heavy atom. The van der Waals surface area contributed by atoms with Crippen LogP contribution in [0.25, 0.3) is 16.7 Å². The summed E-state index contributed by atoms with van der Waals surface area (Å²) in [6.45, 7) is 7.52. The Hall–Kier alpha value is -5.00. The minimum atomic E-state index is -4.85. The van der Waals surface area contributed by atoms with E-state index in [0.717, 1.165) is 11.8 Å². The highest BCUT2D eigenvalue weighted by molar-refractivity contribution is 8.00. The molecule has 18 nitrogen and oxygen atoms in total. The summed E-state index contributed by atoms with van der Waals surface area (Å²) in [6, 6.07) is 6.40. The van der Waals surface area contributed by atoms with Crippen LogP contribution in [-0.4, -0.2) is 115 Å². The number of unbranched alkanes of at least 4 members (excludes halogenated alkanes) is 2. The van der Waals surface area contributed by atoms with Gasteiger partial charge in [-0.25, -0.2) is 22.6 Å². The normalized spacial score (nSPS) is 17.0. The number of rotatable bonds is 16. The van der Waals surface area contributed by atoms with Gasteiger partial charge in [-0.1, -0.05) is 47.3 Å². The number of ether oxygens (including phenoxy) is 1. The van der Waals surface area contributed by atoms with Gasteiger partial charge in [-0.2, -0.15) is 8.42 Å². The molecule has 7 rings (SSSR count). The van der Waals surface area contributed by atoms with Gasteiger partial charge < -0.3 is 29.5 Å². The summed E-state index contributed by atoms with van der Waals surface area (Å²) in [5.41, 5.74) is -0.620. The Labute approximate surface area is 422 Å². The van der Waals surface area contributed by atoms with Crippen molar-refractivity contribution in [3.05, 3.63) is 89.9 Å². The number of aromatic carboxylic acids is 1. The summed E-state index contributed by atoms with van der Waals surface area (Å²) in [5.74, 6) is -5.58. The summed E-state index contributed by atoms with van der Waals surface area (Å²) in [5, 5.41) is 13.8. The lowest BCUT2D eigenvalue weighted by Gasteiger charge is -2.42. The van der Waals surface area contributed by atoms with E-state index < -0.39 is 83.1 Å². The molecule has 3 aromatic carbocycles.